The highest BCUT2D eigenvalue weighted by molar-refractivity contribution is 6.32. The van der Waals surface area contributed by atoms with E-state index < -0.39 is 17.2 Å². The summed E-state index contributed by atoms with van der Waals surface area (Å²) in [4.78, 5) is 22.7. The standard InChI is InChI=1S/C18H26O4/c1-6-10-18(4,11-15(19)17(20)21)14-9-7-8-13(12(2)3)16(14)22-5/h7-9,12H,6,10-11H2,1-5H3,(H,20,21). The van der Waals surface area contributed by atoms with Crippen LogP contribution < -0.4 is 4.74 Å². The zero-order valence-corrected chi connectivity index (χ0v) is 14.1. The Morgan fingerprint density at radius 2 is 1.95 bits per heavy atom. The van der Waals surface area contributed by atoms with E-state index in [1.54, 1.807) is 7.11 Å². The van der Waals surface area contributed by atoms with Crippen molar-refractivity contribution in [2.75, 3.05) is 7.11 Å². The summed E-state index contributed by atoms with van der Waals surface area (Å²) >= 11 is 0. The van der Waals surface area contributed by atoms with Crippen molar-refractivity contribution < 1.29 is 19.4 Å². The number of hydrogen-bond acceptors (Lipinski definition) is 3. The van der Waals surface area contributed by atoms with Crippen LogP contribution in [0.5, 0.6) is 5.75 Å². The third-order valence-corrected chi connectivity index (χ3v) is 4.11. The smallest absolute Gasteiger partial charge is 0.372 e. The molecule has 0 amide bonds. The number of carbonyl (C=O) groups is 2. The maximum Gasteiger partial charge on any atom is 0.372 e. The van der Waals surface area contributed by atoms with Gasteiger partial charge >= 0.3 is 5.97 Å². The van der Waals surface area contributed by atoms with Crippen molar-refractivity contribution in [1.82, 2.24) is 0 Å². The number of Topliss-reactive ketones (excluding diaryl/α,β-unsaturated/α-hetero) is 1. The Balaban J connectivity index is 3.40. The molecule has 0 aliphatic heterocycles. The summed E-state index contributed by atoms with van der Waals surface area (Å²) in [6, 6.07) is 5.90. The molecule has 1 unspecified atom stereocenters. The molecule has 122 valence electrons. The molecular weight excluding hydrogens is 280 g/mol. The first-order valence-corrected chi connectivity index (χ1v) is 7.70. The van der Waals surface area contributed by atoms with Gasteiger partial charge < -0.3 is 9.84 Å². The Bertz CT molecular complexity index is 548. The highest BCUT2D eigenvalue weighted by Gasteiger charge is 2.34. The van der Waals surface area contributed by atoms with Crippen LogP contribution in [0.15, 0.2) is 18.2 Å². The number of ether oxygens (including phenoxy) is 1. The largest absolute Gasteiger partial charge is 0.496 e. The molecule has 0 heterocycles. The predicted molar refractivity (Wildman–Crippen MR) is 86.6 cm³/mol. The highest BCUT2D eigenvalue weighted by atomic mass is 16.5. The van der Waals surface area contributed by atoms with Crippen molar-refractivity contribution in [1.29, 1.82) is 0 Å². The second-order valence-corrected chi connectivity index (χ2v) is 6.30. The lowest BCUT2D eigenvalue weighted by atomic mass is 9.73. The number of hydrogen-bond donors (Lipinski definition) is 1. The Morgan fingerprint density at radius 1 is 1.32 bits per heavy atom. The summed E-state index contributed by atoms with van der Waals surface area (Å²) in [7, 11) is 1.62. The lowest BCUT2D eigenvalue weighted by Crippen LogP contribution is -2.30. The zero-order chi connectivity index (χ0) is 16.9. The van der Waals surface area contributed by atoms with Crippen LogP contribution in [0.3, 0.4) is 0 Å². The number of ketones is 1. The van der Waals surface area contributed by atoms with Crippen molar-refractivity contribution in [3.05, 3.63) is 29.3 Å². The maximum atomic E-state index is 11.8. The van der Waals surface area contributed by atoms with Crippen molar-refractivity contribution in [3.63, 3.8) is 0 Å². The lowest BCUT2D eigenvalue weighted by molar-refractivity contribution is -0.149. The van der Waals surface area contributed by atoms with Crippen molar-refractivity contribution in [2.24, 2.45) is 0 Å². The van der Waals surface area contributed by atoms with E-state index in [4.69, 9.17) is 9.84 Å². The van der Waals surface area contributed by atoms with Crippen LogP contribution in [0, 0.1) is 0 Å². The number of benzene rings is 1. The molecule has 4 nitrogen and oxygen atoms in total. The zero-order valence-electron chi connectivity index (χ0n) is 14.1. The van der Waals surface area contributed by atoms with Gasteiger partial charge in [0.2, 0.25) is 5.78 Å². The number of carbonyl (C=O) groups excluding carboxylic acids is 1. The van der Waals surface area contributed by atoms with E-state index in [1.807, 2.05) is 32.0 Å². The van der Waals surface area contributed by atoms with E-state index in [9.17, 15) is 9.59 Å². The molecule has 0 fully saturated rings. The Morgan fingerprint density at radius 3 is 2.41 bits per heavy atom. The first kappa shape index (κ1) is 18.2. The molecule has 4 heteroatoms. The van der Waals surface area contributed by atoms with Crippen LogP contribution in [0.2, 0.25) is 0 Å². The molecule has 0 aliphatic carbocycles. The average Bonchev–Trinajstić information content (AvgIpc) is 2.46. The minimum atomic E-state index is -1.37. The first-order valence-electron chi connectivity index (χ1n) is 7.70. The molecule has 1 atom stereocenters. The van der Waals surface area contributed by atoms with Crippen molar-refractivity contribution in [3.8, 4) is 5.75 Å². The van der Waals surface area contributed by atoms with Gasteiger partial charge in [-0.05, 0) is 17.9 Å². The summed E-state index contributed by atoms with van der Waals surface area (Å²) in [5.74, 6) is -1.07. The first-order chi connectivity index (χ1) is 10.3. The number of methoxy groups -OCH3 is 1. The molecule has 22 heavy (non-hydrogen) atoms. The van der Waals surface area contributed by atoms with Gasteiger partial charge in [-0.25, -0.2) is 4.79 Å². The fourth-order valence-corrected chi connectivity index (χ4v) is 3.01. The molecule has 0 bridgehead atoms. The fraction of sp³-hybridized carbons (Fsp3) is 0.556. The number of para-hydroxylation sites is 1. The van der Waals surface area contributed by atoms with Gasteiger partial charge in [-0.3, -0.25) is 4.79 Å². The second kappa shape index (κ2) is 7.43. The Hall–Kier alpha value is -1.84. The number of rotatable bonds is 8. The number of aliphatic carboxylic acids is 1. The van der Waals surface area contributed by atoms with Crippen LogP contribution in [0.25, 0.3) is 0 Å². The number of carboxylic acids is 1. The molecule has 0 spiro atoms. The second-order valence-electron chi connectivity index (χ2n) is 6.30. The van der Waals surface area contributed by atoms with Gasteiger partial charge in [-0.2, -0.15) is 0 Å². The van der Waals surface area contributed by atoms with Gasteiger partial charge in [-0.15, -0.1) is 0 Å². The molecule has 0 aliphatic rings. The third kappa shape index (κ3) is 3.87. The summed E-state index contributed by atoms with van der Waals surface area (Å²) in [6.07, 6.45) is 1.57. The van der Waals surface area contributed by atoms with Gasteiger partial charge in [0.05, 0.1) is 7.11 Å². The van der Waals surface area contributed by atoms with E-state index in [0.29, 0.717) is 0 Å². The van der Waals surface area contributed by atoms with Crippen LogP contribution in [-0.2, 0) is 15.0 Å². The third-order valence-electron chi connectivity index (χ3n) is 4.11. The van der Waals surface area contributed by atoms with Gasteiger partial charge in [0.15, 0.2) is 0 Å². The van der Waals surface area contributed by atoms with Crippen molar-refractivity contribution in [2.45, 2.75) is 58.3 Å². The molecule has 0 radical (unpaired) electrons. The summed E-state index contributed by atoms with van der Waals surface area (Å²) in [6.45, 7) is 8.14. The van der Waals surface area contributed by atoms with Gasteiger partial charge in [0, 0.05) is 17.4 Å². The molecule has 1 rings (SSSR count). The summed E-state index contributed by atoms with van der Waals surface area (Å²) < 4.78 is 5.61. The fourth-order valence-electron chi connectivity index (χ4n) is 3.01. The van der Waals surface area contributed by atoms with Gasteiger partial charge in [-0.1, -0.05) is 52.3 Å². The van der Waals surface area contributed by atoms with Gasteiger partial charge in [0.25, 0.3) is 0 Å². The quantitative estimate of drug-likeness (QED) is 0.739. The van der Waals surface area contributed by atoms with Crippen molar-refractivity contribution >= 4 is 11.8 Å². The lowest BCUT2D eigenvalue weighted by Gasteiger charge is -2.31. The molecule has 1 aromatic carbocycles. The van der Waals surface area contributed by atoms with E-state index in [-0.39, 0.29) is 12.3 Å². The van der Waals surface area contributed by atoms with Crippen LogP contribution >= 0.6 is 0 Å². The van der Waals surface area contributed by atoms with E-state index in [1.165, 1.54) is 0 Å². The molecule has 0 aromatic heterocycles. The van der Waals surface area contributed by atoms with Crippen LogP contribution in [0.4, 0.5) is 0 Å². The Labute approximate surface area is 132 Å². The van der Waals surface area contributed by atoms with E-state index >= 15 is 0 Å². The summed E-state index contributed by atoms with van der Waals surface area (Å²) in [5.41, 5.74) is 1.45. The molecule has 1 aromatic rings. The average molecular weight is 306 g/mol. The predicted octanol–water partition coefficient (Wildman–Crippen LogP) is 3.92. The van der Waals surface area contributed by atoms with Crippen LogP contribution in [0.1, 0.15) is 64.0 Å². The Kier molecular flexibility index (Phi) is 6.15. The topological polar surface area (TPSA) is 63.6 Å². The van der Waals surface area contributed by atoms with Crippen LogP contribution in [-0.4, -0.2) is 24.0 Å². The molecular formula is C18H26O4. The minimum Gasteiger partial charge on any atom is -0.496 e. The normalized spacial score (nSPS) is 13.7. The van der Waals surface area contributed by atoms with Gasteiger partial charge in [0.1, 0.15) is 5.75 Å². The minimum absolute atomic E-state index is 0.0198. The molecule has 1 N–H and O–H groups in total. The molecule has 0 saturated carbocycles. The monoisotopic (exact) mass is 306 g/mol. The number of carboxylic acid groups (broad SMARTS) is 1. The SMILES string of the molecule is CCCC(C)(CC(=O)C(=O)O)c1cccc(C(C)C)c1OC. The molecule has 0 saturated heterocycles. The van der Waals surface area contributed by atoms with E-state index in [0.717, 1.165) is 29.7 Å². The maximum absolute atomic E-state index is 11.8. The van der Waals surface area contributed by atoms with E-state index in [2.05, 4.69) is 13.8 Å². The highest BCUT2D eigenvalue weighted by Crippen LogP contribution is 2.42. The summed E-state index contributed by atoms with van der Waals surface area (Å²) in [5, 5.41) is 8.95.